The van der Waals surface area contributed by atoms with Gasteiger partial charge in [0.05, 0.1) is 0 Å². The predicted molar refractivity (Wildman–Crippen MR) is 87.4 cm³/mol. The highest BCUT2D eigenvalue weighted by molar-refractivity contribution is 7.80. The molecule has 1 fully saturated rings. The first-order chi connectivity index (χ1) is 10.0. The van der Waals surface area contributed by atoms with Gasteiger partial charge in [-0.2, -0.15) is 0 Å². The first-order valence-corrected chi connectivity index (χ1v) is 7.77. The van der Waals surface area contributed by atoms with Crippen LogP contribution in [0, 0.1) is 5.92 Å². The van der Waals surface area contributed by atoms with E-state index < -0.39 is 0 Å². The van der Waals surface area contributed by atoms with Gasteiger partial charge in [0.1, 0.15) is 10.7 Å². The second kappa shape index (κ2) is 7.41. The number of benzene rings is 1. The fourth-order valence-corrected chi connectivity index (χ4v) is 2.67. The molecule has 5 heteroatoms. The normalized spacial score (nSPS) is 21.6. The lowest BCUT2D eigenvalue weighted by Crippen LogP contribution is -2.39. The van der Waals surface area contributed by atoms with Gasteiger partial charge in [0.2, 0.25) is 0 Å². The zero-order chi connectivity index (χ0) is 15.2. The molecule has 3 N–H and O–H groups in total. The van der Waals surface area contributed by atoms with Gasteiger partial charge >= 0.3 is 0 Å². The molecule has 1 saturated carbocycles. The van der Waals surface area contributed by atoms with Gasteiger partial charge in [-0.3, -0.25) is 4.79 Å². The monoisotopic (exact) mass is 306 g/mol. The number of carbonyl (C=O) groups excluding carboxylic acids is 1. The van der Waals surface area contributed by atoms with E-state index in [1.165, 1.54) is 12.8 Å². The van der Waals surface area contributed by atoms with Crippen LogP contribution in [0.5, 0.6) is 5.75 Å². The maximum atomic E-state index is 11.9. The van der Waals surface area contributed by atoms with Crippen molar-refractivity contribution in [3.63, 3.8) is 0 Å². The minimum absolute atomic E-state index is 0.0402. The van der Waals surface area contributed by atoms with E-state index in [2.05, 4.69) is 12.2 Å². The van der Waals surface area contributed by atoms with Gasteiger partial charge in [-0.25, -0.2) is 0 Å². The van der Waals surface area contributed by atoms with Gasteiger partial charge in [0, 0.05) is 11.6 Å². The van der Waals surface area contributed by atoms with Crippen molar-refractivity contribution < 1.29 is 9.53 Å². The average Bonchev–Trinajstić information content (AvgIpc) is 2.48. The molecule has 4 nitrogen and oxygen atoms in total. The Kier molecular flexibility index (Phi) is 5.56. The first kappa shape index (κ1) is 15.8. The molecular formula is C16H22N2O2S. The highest BCUT2D eigenvalue weighted by atomic mass is 32.1. The molecule has 0 bridgehead atoms. The third kappa shape index (κ3) is 5.01. The van der Waals surface area contributed by atoms with Crippen LogP contribution in [0.4, 0.5) is 0 Å². The maximum Gasteiger partial charge on any atom is 0.258 e. The molecule has 0 spiro atoms. The van der Waals surface area contributed by atoms with E-state index in [9.17, 15) is 4.79 Å². The fraction of sp³-hybridized carbons (Fsp3) is 0.500. The Bertz CT molecular complexity index is 494. The van der Waals surface area contributed by atoms with Crippen LogP contribution in [-0.4, -0.2) is 23.5 Å². The minimum atomic E-state index is -0.0621. The zero-order valence-electron chi connectivity index (χ0n) is 12.3. The van der Waals surface area contributed by atoms with Crippen molar-refractivity contribution in [2.75, 3.05) is 6.61 Å². The minimum Gasteiger partial charge on any atom is -0.484 e. The van der Waals surface area contributed by atoms with E-state index in [1.807, 2.05) is 0 Å². The summed E-state index contributed by atoms with van der Waals surface area (Å²) in [4.78, 5) is 12.2. The molecule has 1 aromatic carbocycles. The molecule has 21 heavy (non-hydrogen) atoms. The topological polar surface area (TPSA) is 64.3 Å². The van der Waals surface area contributed by atoms with Crippen molar-refractivity contribution >= 4 is 23.1 Å². The SMILES string of the molecule is CC1CCC(NC(=O)COc2ccc(C(N)=S)cc2)CC1. The second-order valence-corrected chi connectivity index (χ2v) is 6.14. The van der Waals surface area contributed by atoms with Crippen molar-refractivity contribution in [1.82, 2.24) is 5.32 Å². The van der Waals surface area contributed by atoms with Crippen LogP contribution < -0.4 is 15.8 Å². The van der Waals surface area contributed by atoms with Crippen LogP contribution in [0.15, 0.2) is 24.3 Å². The number of carbonyl (C=O) groups is 1. The van der Waals surface area contributed by atoms with Crippen molar-refractivity contribution in [3.8, 4) is 5.75 Å². The summed E-state index contributed by atoms with van der Waals surface area (Å²) in [5.41, 5.74) is 6.32. The lowest BCUT2D eigenvalue weighted by molar-refractivity contribution is -0.124. The van der Waals surface area contributed by atoms with Crippen LogP contribution in [0.3, 0.4) is 0 Å². The van der Waals surface area contributed by atoms with E-state index in [-0.39, 0.29) is 12.5 Å². The summed E-state index contributed by atoms with van der Waals surface area (Å²) >= 11 is 4.88. The lowest BCUT2D eigenvalue weighted by atomic mass is 9.87. The van der Waals surface area contributed by atoms with Crippen molar-refractivity contribution in [2.45, 2.75) is 38.6 Å². The number of hydrogen-bond acceptors (Lipinski definition) is 3. The number of nitrogens with one attached hydrogen (secondary N) is 1. The number of nitrogens with two attached hydrogens (primary N) is 1. The Morgan fingerprint density at radius 2 is 1.90 bits per heavy atom. The van der Waals surface area contributed by atoms with E-state index in [0.717, 1.165) is 24.3 Å². The third-order valence-electron chi connectivity index (χ3n) is 3.89. The Hall–Kier alpha value is -1.62. The molecule has 0 radical (unpaired) electrons. The van der Waals surface area contributed by atoms with Crippen LogP contribution in [0.2, 0.25) is 0 Å². The van der Waals surface area contributed by atoms with Crippen LogP contribution in [0.25, 0.3) is 0 Å². The van der Waals surface area contributed by atoms with Crippen molar-refractivity contribution in [3.05, 3.63) is 29.8 Å². The molecule has 0 atom stereocenters. The van der Waals surface area contributed by atoms with Gasteiger partial charge in [0.15, 0.2) is 6.61 Å². The molecule has 1 aliphatic rings. The number of amides is 1. The molecule has 0 saturated heterocycles. The summed E-state index contributed by atoms with van der Waals surface area (Å²) < 4.78 is 5.47. The maximum absolute atomic E-state index is 11.9. The molecule has 1 aromatic rings. The smallest absolute Gasteiger partial charge is 0.258 e. The van der Waals surface area contributed by atoms with Crippen molar-refractivity contribution in [2.24, 2.45) is 11.7 Å². The van der Waals surface area contributed by atoms with E-state index >= 15 is 0 Å². The first-order valence-electron chi connectivity index (χ1n) is 7.36. The summed E-state index contributed by atoms with van der Waals surface area (Å²) in [7, 11) is 0. The molecule has 2 rings (SSSR count). The summed E-state index contributed by atoms with van der Waals surface area (Å²) in [5, 5.41) is 3.03. The molecule has 1 amide bonds. The van der Waals surface area contributed by atoms with Gasteiger partial charge in [-0.15, -0.1) is 0 Å². The van der Waals surface area contributed by atoms with Gasteiger partial charge < -0.3 is 15.8 Å². The Morgan fingerprint density at radius 3 is 2.48 bits per heavy atom. The standard InChI is InChI=1S/C16H22N2O2S/c1-11-2-6-13(7-3-11)18-15(19)10-20-14-8-4-12(5-9-14)16(17)21/h4-5,8-9,11,13H,2-3,6-7,10H2,1H3,(H2,17,21)(H,18,19). The summed E-state index contributed by atoms with van der Waals surface area (Å²) in [6, 6.07) is 7.42. The van der Waals surface area contributed by atoms with Gasteiger partial charge in [0.25, 0.3) is 5.91 Å². The van der Waals surface area contributed by atoms with E-state index in [4.69, 9.17) is 22.7 Å². The number of thiocarbonyl (C=S) groups is 1. The molecule has 0 unspecified atom stereocenters. The van der Waals surface area contributed by atoms with E-state index in [1.54, 1.807) is 24.3 Å². The second-order valence-electron chi connectivity index (χ2n) is 5.70. The fourth-order valence-electron chi connectivity index (χ4n) is 2.54. The lowest BCUT2D eigenvalue weighted by Gasteiger charge is -2.26. The predicted octanol–water partition coefficient (Wildman–Crippen LogP) is 2.39. The highest BCUT2D eigenvalue weighted by Crippen LogP contribution is 2.23. The molecule has 0 aliphatic heterocycles. The zero-order valence-corrected chi connectivity index (χ0v) is 13.1. The van der Waals surface area contributed by atoms with Gasteiger partial charge in [-0.05, 0) is 55.9 Å². The largest absolute Gasteiger partial charge is 0.484 e. The molecule has 0 aromatic heterocycles. The Balaban J connectivity index is 1.74. The Labute approximate surface area is 131 Å². The molecule has 1 aliphatic carbocycles. The van der Waals surface area contributed by atoms with Crippen molar-refractivity contribution in [1.29, 1.82) is 0 Å². The van der Waals surface area contributed by atoms with Crippen LogP contribution in [0.1, 0.15) is 38.2 Å². The van der Waals surface area contributed by atoms with Gasteiger partial charge in [-0.1, -0.05) is 19.1 Å². The third-order valence-corrected chi connectivity index (χ3v) is 4.13. The average molecular weight is 306 g/mol. The summed E-state index contributed by atoms with van der Waals surface area (Å²) in [6.45, 7) is 2.30. The van der Waals surface area contributed by atoms with E-state index in [0.29, 0.717) is 16.8 Å². The highest BCUT2D eigenvalue weighted by Gasteiger charge is 2.19. The number of ether oxygens (including phenoxy) is 1. The quantitative estimate of drug-likeness (QED) is 0.820. The summed E-state index contributed by atoms with van der Waals surface area (Å²) in [6.07, 6.45) is 4.50. The van der Waals surface area contributed by atoms with Crippen LogP contribution in [-0.2, 0) is 4.79 Å². The molecule has 0 heterocycles. The number of rotatable bonds is 5. The summed E-state index contributed by atoms with van der Waals surface area (Å²) in [5.74, 6) is 1.36. The molecular weight excluding hydrogens is 284 g/mol. The Morgan fingerprint density at radius 1 is 1.29 bits per heavy atom. The molecule has 114 valence electrons. The van der Waals surface area contributed by atoms with Crippen LogP contribution >= 0.6 is 12.2 Å². The number of hydrogen-bond donors (Lipinski definition) is 2.